The molecule has 1 aromatic carbocycles. The minimum absolute atomic E-state index is 0.190. The summed E-state index contributed by atoms with van der Waals surface area (Å²) in [6, 6.07) is 5.07. The summed E-state index contributed by atoms with van der Waals surface area (Å²) >= 11 is 0. The van der Waals surface area contributed by atoms with E-state index < -0.39 is 6.10 Å². The first-order valence-corrected chi connectivity index (χ1v) is 7.06. The molecule has 0 bridgehead atoms. The van der Waals surface area contributed by atoms with Crippen LogP contribution in [0, 0.1) is 6.92 Å². The molecule has 1 aromatic heterocycles. The third kappa shape index (κ3) is 2.64. The number of aromatic amines is 1. The number of imidazole rings is 1. The molecule has 1 aliphatic rings. The number of rotatable bonds is 3. The van der Waals surface area contributed by atoms with E-state index in [0.29, 0.717) is 5.56 Å². The highest BCUT2D eigenvalue weighted by atomic mass is 16.5. The molecule has 6 nitrogen and oxygen atoms in total. The Morgan fingerprint density at radius 1 is 1.48 bits per heavy atom. The second-order valence-corrected chi connectivity index (χ2v) is 5.48. The zero-order valence-electron chi connectivity index (χ0n) is 12.1. The van der Waals surface area contributed by atoms with Crippen molar-refractivity contribution in [1.29, 1.82) is 0 Å². The lowest BCUT2D eigenvalue weighted by molar-refractivity contribution is 0.000208. The van der Waals surface area contributed by atoms with E-state index in [1.165, 1.54) is 0 Å². The lowest BCUT2D eigenvalue weighted by Crippen LogP contribution is -2.43. The topological polar surface area (TPSA) is 87.2 Å². The Bertz CT molecular complexity index is 667. The van der Waals surface area contributed by atoms with Gasteiger partial charge < -0.3 is 20.1 Å². The summed E-state index contributed by atoms with van der Waals surface area (Å²) in [7, 11) is 1.58. The van der Waals surface area contributed by atoms with Crippen LogP contribution in [0.4, 0.5) is 0 Å². The second-order valence-electron chi connectivity index (χ2n) is 5.48. The molecule has 1 fully saturated rings. The SMILES string of the molecule is CO[C@@H]1CC[C@@H](NC(=O)c2ccc3nc(C)[nH]c3c2)[C@H]1O. The number of carbonyl (C=O) groups excluding carboxylic acids is 1. The van der Waals surface area contributed by atoms with E-state index in [9.17, 15) is 9.90 Å². The number of benzene rings is 1. The molecule has 2 aromatic rings. The predicted molar refractivity (Wildman–Crippen MR) is 78.1 cm³/mol. The van der Waals surface area contributed by atoms with Crippen LogP contribution in [0.25, 0.3) is 11.0 Å². The van der Waals surface area contributed by atoms with Gasteiger partial charge in [0.25, 0.3) is 5.91 Å². The number of methoxy groups -OCH3 is 1. The van der Waals surface area contributed by atoms with E-state index in [-0.39, 0.29) is 18.1 Å². The maximum atomic E-state index is 12.3. The van der Waals surface area contributed by atoms with Crippen molar-refractivity contribution in [3.05, 3.63) is 29.6 Å². The molecular weight excluding hydrogens is 270 g/mol. The molecule has 112 valence electrons. The Morgan fingerprint density at radius 3 is 3.00 bits per heavy atom. The summed E-state index contributed by atoms with van der Waals surface area (Å²) in [5, 5.41) is 12.9. The van der Waals surface area contributed by atoms with Crippen molar-refractivity contribution in [2.45, 2.75) is 38.0 Å². The molecule has 21 heavy (non-hydrogen) atoms. The largest absolute Gasteiger partial charge is 0.388 e. The molecule has 3 atom stereocenters. The number of nitrogens with one attached hydrogen (secondary N) is 2. The number of nitrogens with zero attached hydrogens (tertiary/aromatic N) is 1. The van der Waals surface area contributed by atoms with E-state index in [2.05, 4.69) is 15.3 Å². The molecular formula is C15H19N3O3. The number of aromatic nitrogens is 2. The summed E-state index contributed by atoms with van der Waals surface area (Å²) < 4.78 is 5.19. The van der Waals surface area contributed by atoms with Crippen LogP contribution in [0.1, 0.15) is 29.0 Å². The Morgan fingerprint density at radius 2 is 2.29 bits per heavy atom. The van der Waals surface area contributed by atoms with Crippen LogP contribution in [0.3, 0.4) is 0 Å². The number of ether oxygens (including phenoxy) is 1. The molecule has 0 saturated heterocycles. The highest BCUT2D eigenvalue weighted by molar-refractivity contribution is 5.97. The number of amides is 1. The predicted octanol–water partition coefficient (Wildman–Crippen LogP) is 1.14. The standard InChI is InChI=1S/C15H19N3O3/c1-8-16-10-4-3-9(7-12(10)17-8)15(20)18-11-5-6-13(21-2)14(11)19/h3-4,7,11,13-14,19H,5-6H2,1-2H3,(H,16,17)(H,18,20)/t11-,13-,14-/m1/s1. The highest BCUT2D eigenvalue weighted by Crippen LogP contribution is 2.23. The van der Waals surface area contributed by atoms with Crippen LogP contribution in [0.5, 0.6) is 0 Å². The van der Waals surface area contributed by atoms with Crippen LogP contribution in [0.2, 0.25) is 0 Å². The third-order valence-corrected chi connectivity index (χ3v) is 4.04. The minimum Gasteiger partial charge on any atom is -0.388 e. The number of H-pyrrole nitrogens is 1. The van der Waals surface area contributed by atoms with Crippen LogP contribution < -0.4 is 5.32 Å². The molecule has 0 aliphatic heterocycles. The number of hydrogen-bond donors (Lipinski definition) is 3. The van der Waals surface area contributed by atoms with Crippen molar-refractivity contribution in [3.8, 4) is 0 Å². The van der Waals surface area contributed by atoms with Gasteiger partial charge in [-0.25, -0.2) is 4.98 Å². The zero-order chi connectivity index (χ0) is 15.0. The van der Waals surface area contributed by atoms with Gasteiger partial charge in [0, 0.05) is 12.7 Å². The summed E-state index contributed by atoms with van der Waals surface area (Å²) in [5.41, 5.74) is 2.23. The Labute approximate surface area is 122 Å². The fourth-order valence-corrected chi connectivity index (χ4v) is 2.89. The lowest BCUT2D eigenvalue weighted by atomic mass is 10.1. The summed E-state index contributed by atoms with van der Waals surface area (Å²) in [6.45, 7) is 1.87. The van der Waals surface area contributed by atoms with Gasteiger partial charge in [0.15, 0.2) is 0 Å². The molecule has 1 aliphatic carbocycles. The number of aliphatic hydroxyl groups excluding tert-OH is 1. The normalized spacial score (nSPS) is 25.4. The average molecular weight is 289 g/mol. The van der Waals surface area contributed by atoms with Crippen molar-refractivity contribution >= 4 is 16.9 Å². The molecule has 1 heterocycles. The number of aryl methyl sites for hydroxylation is 1. The average Bonchev–Trinajstić information content (AvgIpc) is 3.00. The van der Waals surface area contributed by atoms with Crippen molar-refractivity contribution in [2.24, 2.45) is 0 Å². The second kappa shape index (κ2) is 5.46. The quantitative estimate of drug-likeness (QED) is 0.790. The highest BCUT2D eigenvalue weighted by Gasteiger charge is 2.35. The molecule has 3 N–H and O–H groups in total. The van der Waals surface area contributed by atoms with Gasteiger partial charge in [0.2, 0.25) is 0 Å². The molecule has 3 rings (SSSR count). The van der Waals surface area contributed by atoms with Gasteiger partial charge in [-0.05, 0) is 38.0 Å². The smallest absolute Gasteiger partial charge is 0.251 e. The molecule has 1 saturated carbocycles. The van der Waals surface area contributed by atoms with Gasteiger partial charge in [-0.2, -0.15) is 0 Å². The molecule has 0 unspecified atom stereocenters. The first kappa shape index (κ1) is 14.0. The van der Waals surface area contributed by atoms with E-state index in [1.54, 1.807) is 19.2 Å². The van der Waals surface area contributed by atoms with Crippen molar-refractivity contribution in [2.75, 3.05) is 7.11 Å². The van der Waals surface area contributed by atoms with Gasteiger partial charge in [0.1, 0.15) is 11.9 Å². The van der Waals surface area contributed by atoms with Crippen LogP contribution in [0.15, 0.2) is 18.2 Å². The third-order valence-electron chi connectivity index (χ3n) is 4.04. The monoisotopic (exact) mass is 289 g/mol. The van der Waals surface area contributed by atoms with Crippen LogP contribution in [-0.4, -0.2) is 46.3 Å². The van der Waals surface area contributed by atoms with Crippen molar-refractivity contribution in [3.63, 3.8) is 0 Å². The number of aliphatic hydroxyl groups is 1. The van der Waals surface area contributed by atoms with Crippen molar-refractivity contribution in [1.82, 2.24) is 15.3 Å². The first-order chi connectivity index (χ1) is 10.1. The van der Waals surface area contributed by atoms with E-state index in [0.717, 1.165) is 29.7 Å². The van der Waals surface area contributed by atoms with E-state index in [1.807, 2.05) is 13.0 Å². The van der Waals surface area contributed by atoms with Crippen LogP contribution >= 0.6 is 0 Å². The fraction of sp³-hybridized carbons (Fsp3) is 0.467. The Balaban J connectivity index is 1.75. The Kier molecular flexibility index (Phi) is 3.65. The fourth-order valence-electron chi connectivity index (χ4n) is 2.89. The molecule has 1 amide bonds. The molecule has 6 heteroatoms. The number of fused-ring (bicyclic) bond motifs is 1. The van der Waals surface area contributed by atoms with Gasteiger partial charge in [-0.15, -0.1) is 0 Å². The van der Waals surface area contributed by atoms with E-state index in [4.69, 9.17) is 4.74 Å². The van der Waals surface area contributed by atoms with Gasteiger partial charge in [-0.1, -0.05) is 0 Å². The van der Waals surface area contributed by atoms with E-state index >= 15 is 0 Å². The zero-order valence-corrected chi connectivity index (χ0v) is 12.1. The maximum absolute atomic E-state index is 12.3. The molecule has 0 spiro atoms. The summed E-state index contributed by atoms with van der Waals surface area (Å²) in [4.78, 5) is 19.7. The minimum atomic E-state index is -0.655. The number of carbonyl (C=O) groups is 1. The Hall–Kier alpha value is -1.92. The van der Waals surface area contributed by atoms with Crippen LogP contribution in [-0.2, 0) is 4.74 Å². The van der Waals surface area contributed by atoms with Gasteiger partial charge in [0.05, 0.1) is 23.2 Å². The van der Waals surface area contributed by atoms with Crippen molar-refractivity contribution < 1.29 is 14.6 Å². The lowest BCUT2D eigenvalue weighted by Gasteiger charge is -2.19. The number of hydrogen-bond acceptors (Lipinski definition) is 4. The molecule has 0 radical (unpaired) electrons. The summed E-state index contributed by atoms with van der Waals surface area (Å²) in [6.07, 6.45) is 0.614. The maximum Gasteiger partial charge on any atom is 0.251 e. The first-order valence-electron chi connectivity index (χ1n) is 7.06. The summed E-state index contributed by atoms with van der Waals surface area (Å²) in [5.74, 6) is 0.627. The van der Waals surface area contributed by atoms with Gasteiger partial charge in [-0.3, -0.25) is 4.79 Å². The van der Waals surface area contributed by atoms with Gasteiger partial charge >= 0.3 is 0 Å².